The molecule has 5 heteroatoms. The zero-order valence-corrected chi connectivity index (χ0v) is 13.5. The number of piperidine rings is 1. The number of benzene rings is 1. The summed E-state index contributed by atoms with van der Waals surface area (Å²) in [6, 6.07) is 13.0. The summed E-state index contributed by atoms with van der Waals surface area (Å²) in [6.07, 6.45) is 2.59. The minimum atomic E-state index is -0.470. The van der Waals surface area contributed by atoms with Crippen molar-refractivity contribution in [3.05, 3.63) is 64.9 Å². The molecule has 1 unspecified atom stereocenters. The van der Waals surface area contributed by atoms with Crippen LogP contribution in [-0.2, 0) is 0 Å². The van der Waals surface area contributed by atoms with Crippen molar-refractivity contribution in [1.82, 2.24) is 9.88 Å². The molecule has 23 heavy (non-hydrogen) atoms. The molecule has 0 bridgehead atoms. The first-order valence-electron chi connectivity index (χ1n) is 7.79. The van der Waals surface area contributed by atoms with Crippen molar-refractivity contribution < 1.29 is 9.90 Å². The molecule has 2 aromatic rings. The number of amides is 1. The van der Waals surface area contributed by atoms with Gasteiger partial charge in [-0.15, -0.1) is 0 Å². The lowest BCUT2D eigenvalue weighted by molar-refractivity contribution is 0.0458. The van der Waals surface area contributed by atoms with Gasteiger partial charge >= 0.3 is 0 Å². The van der Waals surface area contributed by atoms with Crippen LogP contribution in [0.25, 0.3) is 0 Å². The number of hydrogen-bond donors (Lipinski definition) is 1. The number of halogens is 1. The third-order valence-corrected chi connectivity index (χ3v) is 4.58. The number of aromatic nitrogens is 1. The van der Waals surface area contributed by atoms with E-state index in [0.717, 1.165) is 18.4 Å². The van der Waals surface area contributed by atoms with E-state index in [2.05, 4.69) is 4.98 Å². The van der Waals surface area contributed by atoms with Gasteiger partial charge in [-0.3, -0.25) is 4.79 Å². The normalized spacial score (nSPS) is 17.0. The second-order valence-corrected chi connectivity index (χ2v) is 6.28. The molecular weight excluding hydrogens is 312 g/mol. The molecule has 120 valence electrons. The highest BCUT2D eigenvalue weighted by molar-refractivity contribution is 6.30. The van der Waals surface area contributed by atoms with Crippen LogP contribution in [-0.4, -0.2) is 34.0 Å². The van der Waals surface area contributed by atoms with Crippen molar-refractivity contribution in [2.24, 2.45) is 5.92 Å². The van der Waals surface area contributed by atoms with Crippen LogP contribution in [0.15, 0.2) is 48.7 Å². The molecule has 1 aromatic carbocycles. The number of likely N-dealkylation sites (tertiary alicyclic amines) is 1. The fourth-order valence-electron chi connectivity index (χ4n) is 3.00. The van der Waals surface area contributed by atoms with E-state index in [4.69, 9.17) is 11.6 Å². The fourth-order valence-corrected chi connectivity index (χ4v) is 3.12. The largest absolute Gasteiger partial charge is 0.388 e. The van der Waals surface area contributed by atoms with Gasteiger partial charge in [-0.25, -0.2) is 4.98 Å². The van der Waals surface area contributed by atoms with Gasteiger partial charge in [0.2, 0.25) is 0 Å². The molecule has 0 radical (unpaired) electrons. The summed E-state index contributed by atoms with van der Waals surface area (Å²) in [4.78, 5) is 18.3. The van der Waals surface area contributed by atoms with Crippen LogP contribution in [0.3, 0.4) is 0 Å². The van der Waals surface area contributed by atoms with Crippen LogP contribution in [0, 0.1) is 5.92 Å². The molecule has 4 nitrogen and oxygen atoms in total. The number of carbonyl (C=O) groups excluding carboxylic acids is 1. The maximum atomic E-state index is 12.4. The second kappa shape index (κ2) is 7.11. The monoisotopic (exact) mass is 330 g/mol. The molecule has 3 rings (SSSR count). The predicted molar refractivity (Wildman–Crippen MR) is 89.3 cm³/mol. The summed E-state index contributed by atoms with van der Waals surface area (Å²) in [5.74, 6) is 0.106. The zero-order valence-electron chi connectivity index (χ0n) is 12.7. The maximum absolute atomic E-state index is 12.4. The van der Waals surface area contributed by atoms with Gasteiger partial charge in [-0.2, -0.15) is 0 Å². The Labute approximate surface area is 140 Å². The van der Waals surface area contributed by atoms with Gasteiger partial charge in [0, 0.05) is 19.3 Å². The van der Waals surface area contributed by atoms with E-state index in [9.17, 15) is 9.90 Å². The first-order valence-corrected chi connectivity index (χ1v) is 8.17. The number of nitrogens with zero attached hydrogens (tertiary/aromatic N) is 2. The fraction of sp³-hybridized carbons (Fsp3) is 0.333. The summed E-state index contributed by atoms with van der Waals surface area (Å²) in [6.45, 7) is 1.27. The number of rotatable bonds is 3. The van der Waals surface area contributed by atoms with E-state index in [0.29, 0.717) is 23.8 Å². The molecule has 1 saturated heterocycles. The highest BCUT2D eigenvalue weighted by Crippen LogP contribution is 2.30. The Morgan fingerprint density at radius 3 is 2.48 bits per heavy atom. The Bertz CT molecular complexity index is 652. The van der Waals surface area contributed by atoms with Crippen LogP contribution < -0.4 is 0 Å². The molecule has 1 aromatic heterocycles. The molecule has 1 aliphatic rings. The minimum Gasteiger partial charge on any atom is -0.388 e. The Morgan fingerprint density at radius 1 is 1.17 bits per heavy atom. The standard InChI is InChI=1S/C18H19ClN2O2/c19-15-6-7-16(20-12-15)18(23)21-10-8-14(9-11-21)17(22)13-4-2-1-3-5-13/h1-7,12,14,17,22H,8-11H2. The van der Waals surface area contributed by atoms with E-state index >= 15 is 0 Å². The number of carbonyl (C=O) groups is 1. The molecule has 1 atom stereocenters. The lowest BCUT2D eigenvalue weighted by Crippen LogP contribution is -2.40. The third kappa shape index (κ3) is 3.71. The average molecular weight is 331 g/mol. The van der Waals surface area contributed by atoms with Crippen molar-refractivity contribution in [3.8, 4) is 0 Å². The molecule has 1 fully saturated rings. The molecule has 0 saturated carbocycles. The van der Waals surface area contributed by atoms with Crippen molar-refractivity contribution >= 4 is 17.5 Å². The number of pyridine rings is 1. The summed E-state index contributed by atoms with van der Waals surface area (Å²) in [7, 11) is 0. The highest BCUT2D eigenvalue weighted by Gasteiger charge is 2.28. The first-order chi connectivity index (χ1) is 11.1. The Balaban J connectivity index is 1.60. The summed E-state index contributed by atoms with van der Waals surface area (Å²) in [5.41, 5.74) is 1.35. The number of aliphatic hydroxyl groups excluding tert-OH is 1. The quantitative estimate of drug-likeness (QED) is 0.939. The van der Waals surface area contributed by atoms with E-state index in [1.807, 2.05) is 30.3 Å². The second-order valence-electron chi connectivity index (χ2n) is 5.85. The Kier molecular flexibility index (Phi) is 4.94. The Morgan fingerprint density at radius 2 is 1.87 bits per heavy atom. The van der Waals surface area contributed by atoms with Crippen LogP contribution in [0.2, 0.25) is 5.02 Å². The van der Waals surface area contributed by atoms with Gasteiger partial charge in [0.05, 0.1) is 11.1 Å². The molecule has 2 heterocycles. The van der Waals surface area contributed by atoms with Crippen LogP contribution >= 0.6 is 11.6 Å². The number of hydrogen-bond acceptors (Lipinski definition) is 3. The van der Waals surface area contributed by atoms with Crippen molar-refractivity contribution in [1.29, 1.82) is 0 Å². The van der Waals surface area contributed by atoms with Gasteiger partial charge in [0.25, 0.3) is 5.91 Å². The summed E-state index contributed by atoms with van der Waals surface area (Å²) in [5, 5.41) is 11.0. The average Bonchev–Trinajstić information content (AvgIpc) is 2.62. The summed E-state index contributed by atoms with van der Waals surface area (Å²) >= 11 is 5.80. The topological polar surface area (TPSA) is 53.4 Å². The third-order valence-electron chi connectivity index (χ3n) is 4.36. The Hall–Kier alpha value is -1.91. The highest BCUT2D eigenvalue weighted by atomic mass is 35.5. The smallest absolute Gasteiger partial charge is 0.272 e. The van der Waals surface area contributed by atoms with Crippen LogP contribution in [0.5, 0.6) is 0 Å². The van der Waals surface area contributed by atoms with E-state index < -0.39 is 6.10 Å². The predicted octanol–water partition coefficient (Wildman–Crippen LogP) is 3.32. The lowest BCUT2D eigenvalue weighted by Gasteiger charge is -2.34. The molecular formula is C18H19ClN2O2. The molecule has 1 aliphatic heterocycles. The van der Waals surface area contributed by atoms with Crippen LogP contribution in [0.4, 0.5) is 0 Å². The van der Waals surface area contributed by atoms with Crippen molar-refractivity contribution in [2.75, 3.05) is 13.1 Å². The number of aliphatic hydroxyl groups is 1. The minimum absolute atomic E-state index is 0.0747. The van der Waals surface area contributed by atoms with Crippen molar-refractivity contribution in [2.45, 2.75) is 18.9 Å². The molecule has 1 N–H and O–H groups in total. The summed E-state index contributed by atoms with van der Waals surface area (Å²) < 4.78 is 0. The maximum Gasteiger partial charge on any atom is 0.272 e. The van der Waals surface area contributed by atoms with Crippen molar-refractivity contribution in [3.63, 3.8) is 0 Å². The molecule has 0 spiro atoms. The van der Waals surface area contributed by atoms with Gasteiger partial charge < -0.3 is 10.0 Å². The van der Waals surface area contributed by atoms with E-state index in [-0.39, 0.29) is 11.8 Å². The molecule has 1 amide bonds. The van der Waals surface area contributed by atoms with Gasteiger partial charge in [-0.05, 0) is 36.5 Å². The van der Waals surface area contributed by atoms with Gasteiger partial charge in [0.15, 0.2) is 0 Å². The lowest BCUT2D eigenvalue weighted by atomic mass is 9.87. The molecule has 0 aliphatic carbocycles. The van der Waals surface area contributed by atoms with Gasteiger partial charge in [-0.1, -0.05) is 41.9 Å². The van der Waals surface area contributed by atoms with Crippen LogP contribution in [0.1, 0.15) is 35.0 Å². The van der Waals surface area contributed by atoms with E-state index in [1.165, 1.54) is 6.20 Å². The first kappa shape index (κ1) is 16.0. The zero-order chi connectivity index (χ0) is 16.2. The van der Waals surface area contributed by atoms with Gasteiger partial charge in [0.1, 0.15) is 5.69 Å². The SMILES string of the molecule is O=C(c1ccc(Cl)cn1)N1CCC(C(O)c2ccccc2)CC1. The van der Waals surface area contributed by atoms with E-state index in [1.54, 1.807) is 17.0 Å².